The van der Waals surface area contributed by atoms with Crippen LogP contribution in [0.3, 0.4) is 0 Å². The maximum Gasteiger partial charge on any atom is 0.474 e. The summed E-state index contributed by atoms with van der Waals surface area (Å²) in [7, 11) is -3.08. The molecule has 7 unspecified atom stereocenters. The van der Waals surface area contributed by atoms with Crippen LogP contribution in [0.2, 0.25) is 0 Å². The molecule has 3 rings (SSSR count). The third-order valence-electron chi connectivity index (χ3n) is 13.8. The second-order valence-electron chi connectivity index (χ2n) is 20.5. The highest BCUT2D eigenvalue weighted by molar-refractivity contribution is 7.48. The predicted molar refractivity (Wildman–Crippen MR) is 287 cm³/mol. The topological polar surface area (TPSA) is 413 Å². The van der Waals surface area contributed by atoms with Crippen molar-refractivity contribution in [2.45, 2.75) is 234 Å². The van der Waals surface area contributed by atoms with Gasteiger partial charge in [0.2, 0.25) is 11.8 Å². The lowest BCUT2D eigenvalue weighted by Gasteiger charge is -2.48. The zero-order valence-electron chi connectivity index (χ0n) is 47.6. The summed E-state index contributed by atoms with van der Waals surface area (Å²) < 4.78 is 72.5. The maximum atomic E-state index is 13.1. The van der Waals surface area contributed by atoms with Gasteiger partial charge in [0, 0.05) is 46.4 Å². The Bertz CT molecular complexity index is 1850. The molecule has 82 heavy (non-hydrogen) atoms. The summed E-state index contributed by atoms with van der Waals surface area (Å²) in [5, 5.41) is 109. The number of phosphoric acid groups is 1. The van der Waals surface area contributed by atoms with Gasteiger partial charge in [-0.15, -0.1) is 0 Å². The van der Waals surface area contributed by atoms with E-state index in [1.54, 1.807) is 0 Å². The van der Waals surface area contributed by atoms with Crippen LogP contribution in [0.25, 0.3) is 0 Å². The minimum Gasteiger partial charge on any atom is -0.462 e. The van der Waals surface area contributed by atoms with E-state index in [1.807, 2.05) is 0 Å². The fourth-order valence-corrected chi connectivity index (χ4v) is 9.95. The van der Waals surface area contributed by atoms with Gasteiger partial charge >= 0.3 is 19.8 Å². The Labute approximate surface area is 479 Å². The van der Waals surface area contributed by atoms with E-state index in [4.69, 9.17) is 51.5 Å². The molecule has 0 saturated carbocycles. The number of rotatable bonds is 43. The van der Waals surface area contributed by atoms with Crippen molar-refractivity contribution in [3.8, 4) is 0 Å². The van der Waals surface area contributed by atoms with E-state index in [1.165, 1.54) is 45.4 Å². The number of esters is 2. The largest absolute Gasteiger partial charge is 0.474 e. The van der Waals surface area contributed by atoms with Crippen molar-refractivity contribution in [2.24, 2.45) is 0 Å². The number of carbonyl (C=O) groups is 4. The first-order valence-corrected chi connectivity index (χ1v) is 30.2. The first kappa shape index (κ1) is 73.3. The van der Waals surface area contributed by atoms with E-state index >= 15 is 0 Å². The minimum atomic E-state index is -4.18. The molecule has 2 amide bonds. The van der Waals surface area contributed by atoms with Gasteiger partial charge in [0.25, 0.3) is 0 Å². The van der Waals surface area contributed by atoms with Crippen molar-refractivity contribution in [3.63, 3.8) is 0 Å². The molecular weight excluding hydrogens is 1110 g/mol. The van der Waals surface area contributed by atoms with Crippen LogP contribution < -0.4 is 10.6 Å². The van der Waals surface area contributed by atoms with Crippen LogP contribution in [-0.2, 0) is 75.2 Å². The Hall–Kier alpha value is -2.91. The monoisotopic (exact) mass is 1210 g/mol. The number of aliphatic hydroxyl groups excluding tert-OH is 10. The van der Waals surface area contributed by atoms with Crippen molar-refractivity contribution >= 4 is 31.6 Å². The third-order valence-corrected chi connectivity index (χ3v) is 15.2. The smallest absolute Gasteiger partial charge is 0.462 e. The van der Waals surface area contributed by atoms with Crippen LogP contribution in [0.5, 0.6) is 0 Å². The molecule has 3 saturated heterocycles. The van der Waals surface area contributed by atoms with Crippen molar-refractivity contribution in [1.29, 1.82) is 0 Å². The van der Waals surface area contributed by atoms with Gasteiger partial charge in [0.15, 0.2) is 25.0 Å². The number of ether oxygens (including phenoxy) is 8. The zero-order valence-corrected chi connectivity index (χ0v) is 48.5. The number of hydrogen-bond donors (Lipinski definition) is 12. The second-order valence-corrected chi connectivity index (χ2v) is 22.2. The Morgan fingerprint density at radius 3 is 1.59 bits per heavy atom. The summed E-state index contributed by atoms with van der Waals surface area (Å²) in [5.41, 5.74) is 0. The summed E-state index contributed by atoms with van der Waals surface area (Å²) in [4.78, 5) is 49.0. The Morgan fingerprint density at radius 2 is 1.04 bits per heavy atom. The van der Waals surface area contributed by atoms with Gasteiger partial charge in [0.1, 0.15) is 79.9 Å². The van der Waals surface area contributed by atoms with Crippen LogP contribution in [0.1, 0.15) is 136 Å². The zero-order chi connectivity index (χ0) is 60.5. The number of nitrogens with one attached hydrogen (secondary N) is 2. The Balaban J connectivity index is 1.27. The van der Waals surface area contributed by atoms with Crippen LogP contribution in [-0.4, -0.2) is 239 Å². The Morgan fingerprint density at radius 1 is 0.549 bits per heavy atom. The molecule has 0 aromatic heterocycles. The Kier molecular flexibility index (Phi) is 36.9. The summed E-state index contributed by atoms with van der Waals surface area (Å²) >= 11 is 0. The fourth-order valence-electron chi connectivity index (χ4n) is 9.00. The lowest BCUT2D eigenvalue weighted by Crippen LogP contribution is -2.66. The van der Waals surface area contributed by atoms with E-state index in [0.29, 0.717) is 19.3 Å². The van der Waals surface area contributed by atoms with E-state index in [2.05, 4.69) is 29.7 Å². The molecular formula is C53H95N2O26P. The molecule has 3 aliphatic heterocycles. The average molecular weight is 1210 g/mol. The quantitative estimate of drug-likeness (QED) is 0.0165. The SMILES string of the molecule is CCCCCCCC/C=C/CCCCCCCC(=O)O[C@H](COC(C)=O)COP(=O)(OC)OCCNC(=O)CCCCC(=O)NCCCO[C@@H]1OC(CO)[C@@H](O[C@@H]2OC(CO)[C@H](O[C@H]3OC(CO)[C@H](O)[C@H](O)C3O)[C@H](O)C2O)[C@H](O)C1O. The second kappa shape index (κ2) is 41.2. The number of phosphoric ester groups is 1. The van der Waals surface area contributed by atoms with Gasteiger partial charge in [-0.25, -0.2) is 4.57 Å². The molecule has 17 atom stereocenters. The minimum absolute atomic E-state index is 0.0642. The number of amides is 2. The van der Waals surface area contributed by atoms with Crippen molar-refractivity contribution in [2.75, 3.05) is 66.4 Å². The number of aliphatic hydroxyl groups is 10. The standard InChI is InChI=1S/C53H95N2O26P/c1-4-5-6-7-8-9-10-11-12-13-14-15-16-17-18-24-41(62)76-35(32-73-34(2)59)33-75-82(70,71-3)74-28-26-55-40(61)23-20-19-22-39(60)54-25-21-27-72-51-47(68)44(65)49(37(30-57)78-51)81-53-48(69)45(66)50(38(31-58)79-53)80-52-46(67)43(64)42(63)36(29-56)77-52/h11-12,35-38,42-53,56-58,63-69H,4-10,13-33H2,1-3H3,(H,54,60)(H,55,61)/b12-11+/t35-,36?,37?,38?,42+,43+,44-,45-,46?,47?,48?,49-,50+,51-,52-,53+,82?/m1/s1. The summed E-state index contributed by atoms with van der Waals surface area (Å²) in [6, 6.07) is 0. The normalized spacial score (nSPS) is 29.7. The highest BCUT2D eigenvalue weighted by atomic mass is 31.2. The highest BCUT2D eigenvalue weighted by Crippen LogP contribution is 2.48. The number of hydrogen-bond acceptors (Lipinski definition) is 26. The molecule has 0 bridgehead atoms. The number of carbonyl (C=O) groups excluding carboxylic acids is 4. The molecule has 3 fully saturated rings. The van der Waals surface area contributed by atoms with Gasteiger partial charge in [-0.3, -0.25) is 32.7 Å². The molecule has 478 valence electrons. The van der Waals surface area contributed by atoms with Crippen molar-refractivity contribution in [3.05, 3.63) is 12.2 Å². The predicted octanol–water partition coefficient (Wildman–Crippen LogP) is -0.0657. The van der Waals surface area contributed by atoms with Crippen molar-refractivity contribution in [1.82, 2.24) is 10.6 Å². The molecule has 28 nitrogen and oxygen atoms in total. The number of unbranched alkanes of at least 4 members (excludes halogenated alkanes) is 12. The molecule has 0 spiro atoms. The first-order chi connectivity index (χ1) is 39.3. The molecule has 12 N–H and O–H groups in total. The van der Waals surface area contributed by atoms with Crippen LogP contribution >= 0.6 is 7.82 Å². The lowest BCUT2D eigenvalue weighted by atomic mass is 9.96. The molecule has 3 aliphatic rings. The lowest BCUT2D eigenvalue weighted by molar-refractivity contribution is -0.379. The van der Waals surface area contributed by atoms with Crippen LogP contribution in [0.4, 0.5) is 0 Å². The number of allylic oxidation sites excluding steroid dienone is 2. The fraction of sp³-hybridized carbons (Fsp3) is 0.887. The molecule has 0 aliphatic carbocycles. The summed E-state index contributed by atoms with van der Waals surface area (Å²) in [6.07, 6.45) is -6.34. The van der Waals surface area contributed by atoms with Gasteiger partial charge in [-0.1, -0.05) is 70.4 Å². The van der Waals surface area contributed by atoms with Crippen LogP contribution in [0.15, 0.2) is 12.2 Å². The average Bonchev–Trinajstić information content (AvgIpc) is 3.53. The van der Waals surface area contributed by atoms with Crippen molar-refractivity contribution < 1.29 is 126 Å². The molecule has 29 heteroatoms. The third kappa shape index (κ3) is 26.8. The first-order valence-electron chi connectivity index (χ1n) is 28.8. The van der Waals surface area contributed by atoms with Gasteiger partial charge in [-0.05, 0) is 51.4 Å². The molecule has 3 heterocycles. The molecule has 0 aromatic rings. The van der Waals surface area contributed by atoms with E-state index in [9.17, 15) is 74.8 Å². The van der Waals surface area contributed by atoms with E-state index in [0.717, 1.165) is 45.6 Å². The van der Waals surface area contributed by atoms with E-state index < -0.39 is 144 Å². The van der Waals surface area contributed by atoms with Gasteiger partial charge in [-0.2, -0.15) is 0 Å². The maximum absolute atomic E-state index is 13.1. The molecule has 0 aromatic carbocycles. The summed E-state index contributed by atoms with van der Waals surface area (Å²) in [6.45, 7) is -0.127. The van der Waals surface area contributed by atoms with Crippen LogP contribution in [0, 0.1) is 0 Å². The van der Waals surface area contributed by atoms with Gasteiger partial charge < -0.3 is 99.6 Å². The van der Waals surface area contributed by atoms with Gasteiger partial charge in [0.05, 0.1) is 39.6 Å². The van der Waals surface area contributed by atoms with E-state index in [-0.39, 0.29) is 70.4 Å². The molecule has 0 radical (unpaired) electrons. The highest BCUT2D eigenvalue weighted by Gasteiger charge is 2.53. The summed E-state index contributed by atoms with van der Waals surface area (Å²) in [5.74, 6) is -1.82.